The van der Waals surface area contributed by atoms with E-state index in [1.807, 2.05) is 66.2 Å². The van der Waals surface area contributed by atoms with E-state index in [4.69, 9.17) is 34.8 Å². The molecular formula is C81H96N12O18S. The molecule has 13 rings (SSSR count). The molecule has 5 heterocycles. The summed E-state index contributed by atoms with van der Waals surface area (Å²) < 4.78 is 27.3. The highest BCUT2D eigenvalue weighted by Crippen LogP contribution is 2.72. The summed E-state index contributed by atoms with van der Waals surface area (Å²) >= 11 is 1.38. The number of aliphatic carboxylic acids is 1. The minimum Gasteiger partial charge on any atom is -0.479 e. The lowest BCUT2D eigenvalue weighted by molar-refractivity contribution is -0.266. The first-order valence-corrected chi connectivity index (χ1v) is 38.7. The number of aromatic nitrogens is 4. The van der Waals surface area contributed by atoms with Gasteiger partial charge in [-0.1, -0.05) is 94.0 Å². The minimum atomic E-state index is -1.53. The summed E-state index contributed by atoms with van der Waals surface area (Å²) in [6.07, 6.45) is 4.32. The second-order valence-electron chi connectivity index (χ2n) is 31.4. The Bertz CT molecular complexity index is 4680. The number of amides is 9. The molecule has 7 aromatic rings. The summed E-state index contributed by atoms with van der Waals surface area (Å²) in [5.74, 6) is -5.64. The number of pyridine rings is 1. The van der Waals surface area contributed by atoms with Gasteiger partial charge in [-0.25, -0.2) is 29.1 Å². The maximum absolute atomic E-state index is 14.4. The topological polar surface area (TPSA) is 425 Å². The number of benzene rings is 4. The number of para-hydroxylation sites is 1. The lowest BCUT2D eigenvalue weighted by atomic mass is 9.39. The molecule has 4 aromatic carbocycles. The van der Waals surface area contributed by atoms with Crippen molar-refractivity contribution in [3.05, 3.63) is 138 Å². The summed E-state index contributed by atoms with van der Waals surface area (Å²) in [7, 11) is 0. The van der Waals surface area contributed by atoms with E-state index in [1.54, 1.807) is 62.5 Å². The normalized spacial score (nSPS) is 22.9. The van der Waals surface area contributed by atoms with E-state index in [0.29, 0.717) is 81.9 Å². The molecule has 0 radical (unpaired) electrons. The summed E-state index contributed by atoms with van der Waals surface area (Å²) in [6.45, 7) is 10.8. The SMILES string of the molecule is Cc1c(-c2ccc(-c3ccc4cccc(C(=O)Nc5nc6ccccc6s5)c4c3)nc2C(=O)O)cnn1CC12CC3(C)CC(C)(C1)CC(OCCN(CCCO[C@H]1O[C@@H](C(=O)O)C[C@@H](O)[C@@H]1O)C(=O)OCc1ccc(NC(=O)[C@H](CCCNC(N)=O)NC(=O)C(NC(=O)CCCCCN4C(=O)C=CC4=O)C(C)C)cc1)(C3)C2. The first-order valence-electron chi connectivity index (χ1n) is 37.9. The number of hydrogen-bond donors (Lipinski definition) is 10. The fourth-order valence-corrected chi connectivity index (χ4v) is 18.5. The van der Waals surface area contributed by atoms with Crippen molar-refractivity contribution < 1.29 is 87.3 Å². The van der Waals surface area contributed by atoms with Gasteiger partial charge in [0.2, 0.25) is 17.7 Å². The number of unbranched alkanes of at least 4 members (excludes halogenated alkanes) is 2. The van der Waals surface area contributed by atoms with Crippen LogP contribution in [0.3, 0.4) is 0 Å². The van der Waals surface area contributed by atoms with Gasteiger partial charge >= 0.3 is 24.1 Å². The molecular weight excluding hydrogens is 1460 g/mol. The molecule has 8 atom stereocenters. The number of carboxylic acid groups (broad SMARTS) is 2. The monoisotopic (exact) mass is 1560 g/mol. The van der Waals surface area contributed by atoms with E-state index in [1.165, 1.54) is 28.4 Å². The number of nitrogens with zero attached hydrogens (tertiary/aromatic N) is 6. The van der Waals surface area contributed by atoms with Crippen LogP contribution in [0.15, 0.2) is 115 Å². The fraction of sp³-hybridized carbons (Fsp3) is 0.469. The van der Waals surface area contributed by atoms with Crippen molar-refractivity contribution in [3.8, 4) is 22.4 Å². The summed E-state index contributed by atoms with van der Waals surface area (Å²) in [5, 5.41) is 62.3. The summed E-state index contributed by atoms with van der Waals surface area (Å²) in [6, 6.07) is 25.8. The van der Waals surface area contributed by atoms with Gasteiger partial charge < -0.3 is 71.3 Å². The number of imide groups is 1. The van der Waals surface area contributed by atoms with E-state index in [0.717, 1.165) is 58.3 Å². The molecule has 4 saturated carbocycles. The fourth-order valence-electron chi connectivity index (χ4n) is 17.7. The van der Waals surface area contributed by atoms with Crippen LogP contribution in [0.25, 0.3) is 43.4 Å². The van der Waals surface area contributed by atoms with Gasteiger partial charge in [0.05, 0.1) is 47.0 Å². The molecule has 0 spiro atoms. The highest BCUT2D eigenvalue weighted by Gasteiger charge is 2.66. The van der Waals surface area contributed by atoms with Crippen LogP contribution in [0.1, 0.15) is 150 Å². The van der Waals surface area contributed by atoms with Crippen molar-refractivity contribution in [2.45, 2.75) is 180 Å². The molecule has 9 amide bonds. The van der Waals surface area contributed by atoms with Gasteiger partial charge in [0.25, 0.3) is 17.7 Å². The van der Waals surface area contributed by atoms with Crippen LogP contribution < -0.4 is 32.3 Å². The number of fused-ring (bicyclic) bond motifs is 2. The maximum Gasteiger partial charge on any atom is 0.410 e. The van der Waals surface area contributed by atoms with Crippen molar-refractivity contribution in [1.29, 1.82) is 0 Å². The molecule has 3 unspecified atom stereocenters. The number of rotatable bonds is 35. The third-order valence-corrected chi connectivity index (χ3v) is 22.7. The van der Waals surface area contributed by atoms with Crippen molar-refractivity contribution in [2.24, 2.45) is 27.9 Å². The highest BCUT2D eigenvalue weighted by molar-refractivity contribution is 7.22. The molecule has 3 aromatic heterocycles. The van der Waals surface area contributed by atoms with Crippen LogP contribution in [-0.2, 0) is 60.9 Å². The number of carbonyl (C=O) groups excluding carboxylic acids is 8. The number of nitrogens with two attached hydrogens (primary N) is 1. The number of hydrogen-bond acceptors (Lipinski definition) is 20. The second-order valence-corrected chi connectivity index (χ2v) is 32.5. The molecule has 31 heteroatoms. The third kappa shape index (κ3) is 19.3. The van der Waals surface area contributed by atoms with Crippen LogP contribution in [-0.4, -0.2) is 191 Å². The average Bonchev–Trinajstić information content (AvgIpc) is 1.04. The zero-order valence-corrected chi connectivity index (χ0v) is 64.1. The van der Waals surface area contributed by atoms with Crippen LogP contribution in [0.5, 0.6) is 0 Å². The van der Waals surface area contributed by atoms with E-state index >= 15 is 0 Å². The van der Waals surface area contributed by atoms with Gasteiger partial charge in [-0.2, -0.15) is 5.10 Å². The van der Waals surface area contributed by atoms with Gasteiger partial charge in [0.15, 0.2) is 23.2 Å². The van der Waals surface area contributed by atoms with Gasteiger partial charge in [0, 0.05) is 91.4 Å². The molecule has 4 bridgehead atoms. The van der Waals surface area contributed by atoms with Gasteiger partial charge in [-0.15, -0.1) is 0 Å². The Kier molecular flexibility index (Phi) is 25.0. The smallest absolute Gasteiger partial charge is 0.410 e. The van der Waals surface area contributed by atoms with Gasteiger partial charge in [-0.05, 0) is 165 Å². The number of aliphatic hydroxyl groups is 2. The number of primary amides is 1. The molecule has 30 nitrogen and oxygen atoms in total. The van der Waals surface area contributed by atoms with Crippen LogP contribution in [0, 0.1) is 29.1 Å². The van der Waals surface area contributed by atoms with Crippen LogP contribution in [0.4, 0.5) is 20.4 Å². The van der Waals surface area contributed by atoms with Gasteiger partial charge in [-0.3, -0.25) is 43.7 Å². The maximum atomic E-state index is 14.4. The Morgan fingerprint density at radius 2 is 1.53 bits per heavy atom. The minimum absolute atomic E-state index is 0.0567. The van der Waals surface area contributed by atoms with Crippen molar-refractivity contribution in [2.75, 3.05) is 50.0 Å². The molecule has 1 saturated heterocycles. The number of aromatic carboxylic acids is 1. The molecule has 11 N–H and O–H groups in total. The number of carboxylic acids is 2. The van der Waals surface area contributed by atoms with Crippen molar-refractivity contribution in [3.63, 3.8) is 0 Å². The first-order chi connectivity index (χ1) is 53.5. The Labute approximate surface area is 650 Å². The number of carbonyl (C=O) groups is 10. The average molecular weight is 1560 g/mol. The van der Waals surface area contributed by atoms with E-state index < -0.39 is 90.0 Å². The molecule has 594 valence electrons. The number of aliphatic hydroxyl groups excluding tert-OH is 2. The van der Waals surface area contributed by atoms with Gasteiger partial charge in [0.1, 0.15) is 24.8 Å². The lowest BCUT2D eigenvalue weighted by Crippen LogP contribution is -2.64. The van der Waals surface area contributed by atoms with E-state index in [9.17, 15) is 68.4 Å². The number of thiazole rings is 1. The Morgan fingerprint density at radius 1 is 0.777 bits per heavy atom. The quantitative estimate of drug-likeness (QED) is 0.0131. The standard InChI is InChI=1S/C81H96N12O18S/c1-47(2)66(89-63(95)19-7-6-10-32-92-64(96)28-29-65(92)97)71(101)87-59(17-12-30-83-75(82)106)70(100)85-52-24-20-49(21-25-52)39-109-77(107)91(31-13-34-108-74-68(98)60(94)37-61(111-74)72(102)103)33-35-110-81-43-78(4)40-79(5,44-81)42-80(41-78,45-81)46-93-48(3)56(38-84-93)53-26-27-57(86-67(53)73(104)105)51-23-22-50-14-11-15-54(55(50)36-51)69(99)90-76-88-58-16-8-9-18-62(58)112-76/h8-9,11,14-16,18,20-29,36,38,47,59-61,66,68,74,94,98H,6-7,10,12-13,17,19,30-35,37,39-46H2,1-5H3,(H,85,100)(H,87,101)(H,89,95)(H,102,103)(H,104,105)(H3,82,83,106)(H,88,90,99)/t59-,60+,61+,66?,68-,74-,78?,79?,80?,81?/m0/s1. The summed E-state index contributed by atoms with van der Waals surface area (Å²) in [4.78, 5) is 142. The molecule has 5 fully saturated rings. The molecule has 112 heavy (non-hydrogen) atoms. The first kappa shape index (κ1) is 80.9. The second kappa shape index (κ2) is 34.6. The Hall–Kier alpha value is -10.6. The van der Waals surface area contributed by atoms with Crippen LogP contribution >= 0.6 is 11.3 Å². The predicted molar refractivity (Wildman–Crippen MR) is 413 cm³/mol. The lowest BCUT2D eigenvalue weighted by Gasteiger charge is -2.69. The van der Waals surface area contributed by atoms with E-state index in [-0.39, 0.29) is 118 Å². The zero-order chi connectivity index (χ0) is 79.8. The number of nitrogens with one attached hydrogen (secondary N) is 5. The van der Waals surface area contributed by atoms with E-state index in [2.05, 4.69) is 45.4 Å². The molecule has 2 aliphatic heterocycles. The Morgan fingerprint density at radius 3 is 2.24 bits per heavy atom. The third-order valence-electron chi connectivity index (χ3n) is 21.8. The van der Waals surface area contributed by atoms with Crippen molar-refractivity contribution >= 4 is 103 Å². The Balaban J connectivity index is 0.693. The number of ether oxygens (including phenoxy) is 4. The molecule has 4 aliphatic carbocycles. The summed E-state index contributed by atoms with van der Waals surface area (Å²) in [5.41, 5.74) is 8.89. The van der Waals surface area contributed by atoms with Crippen LogP contribution in [0.2, 0.25) is 0 Å². The number of anilines is 2. The zero-order valence-electron chi connectivity index (χ0n) is 63.2. The molecule has 6 aliphatic rings. The van der Waals surface area contributed by atoms with Crippen molar-refractivity contribution in [1.82, 2.24) is 45.5 Å². The number of urea groups is 1. The predicted octanol–water partition coefficient (Wildman–Crippen LogP) is 9.23. The largest absolute Gasteiger partial charge is 0.479 e. The highest BCUT2D eigenvalue weighted by atomic mass is 32.1.